The second kappa shape index (κ2) is 20.8. The summed E-state index contributed by atoms with van der Waals surface area (Å²) in [6.45, 7) is 12.3. The summed E-state index contributed by atoms with van der Waals surface area (Å²) in [5.74, 6) is -1.04. The first-order chi connectivity index (χ1) is 21.3. The van der Waals surface area contributed by atoms with Crippen LogP contribution in [0.3, 0.4) is 0 Å². The van der Waals surface area contributed by atoms with Crippen molar-refractivity contribution in [1.29, 1.82) is 0 Å². The number of nitrogens with two attached hydrogens (primary N) is 1. The highest BCUT2D eigenvalue weighted by molar-refractivity contribution is 5.93. The number of hydrogen-bond acceptors (Lipinski definition) is 8. The molecule has 0 saturated heterocycles. The highest BCUT2D eigenvalue weighted by atomic mass is 16.6. The van der Waals surface area contributed by atoms with E-state index in [2.05, 4.69) is 16.0 Å². The van der Waals surface area contributed by atoms with Gasteiger partial charge < -0.3 is 35.9 Å². The standard InChI is InChI=1S/C34H52N4O7/c1-8-9-15-26(44-33(42)37-22-13-20-35)16-12-21-36-31(40)30(34(4,5)6)38-29(39)17-11-10-14-24(2)23-25(3)27-18-19-28(43-7)32(41)45-27/h8-12,14,17,19,21,23,25-27,30H,13,15-16,18,20,22,35H2,1-7H3,(H,36,40)(H,37,42)(H,38,39)/b9-8-,14-10-,17-11-,21-12-,24-23+/t25-,26-,27-,30+/m0/s1. The fourth-order valence-corrected chi connectivity index (χ4v) is 4.24. The lowest BCUT2D eigenvalue weighted by atomic mass is 9.86. The largest absolute Gasteiger partial charge is 0.490 e. The minimum absolute atomic E-state index is 0.0156. The lowest BCUT2D eigenvalue weighted by Gasteiger charge is -2.29. The van der Waals surface area contributed by atoms with Crippen molar-refractivity contribution >= 4 is 23.9 Å². The zero-order valence-corrected chi connectivity index (χ0v) is 27.8. The van der Waals surface area contributed by atoms with Crippen molar-refractivity contribution in [2.75, 3.05) is 20.2 Å². The quantitative estimate of drug-likeness (QED) is 0.0603. The maximum atomic E-state index is 13.0. The predicted molar refractivity (Wildman–Crippen MR) is 175 cm³/mol. The number of carbonyl (C=O) groups is 4. The molecule has 0 spiro atoms. The summed E-state index contributed by atoms with van der Waals surface area (Å²) < 4.78 is 15.9. The molecule has 0 bridgehead atoms. The molecule has 0 aliphatic carbocycles. The van der Waals surface area contributed by atoms with E-state index >= 15 is 0 Å². The lowest BCUT2D eigenvalue weighted by Crippen LogP contribution is -2.52. The van der Waals surface area contributed by atoms with Gasteiger partial charge in [0.05, 0.1) is 7.11 Å². The zero-order chi connectivity index (χ0) is 33.8. The normalized spacial score (nSPS) is 18.0. The van der Waals surface area contributed by atoms with Crippen molar-refractivity contribution in [2.24, 2.45) is 17.1 Å². The Kier molecular flexibility index (Phi) is 18.0. The van der Waals surface area contributed by atoms with Gasteiger partial charge >= 0.3 is 12.1 Å². The Morgan fingerprint density at radius 1 is 1.16 bits per heavy atom. The number of carbonyl (C=O) groups excluding carboxylic acids is 4. The van der Waals surface area contributed by atoms with Crippen LogP contribution in [0, 0.1) is 11.3 Å². The maximum absolute atomic E-state index is 13.0. The third kappa shape index (κ3) is 16.0. The Morgan fingerprint density at radius 3 is 2.47 bits per heavy atom. The van der Waals surface area contributed by atoms with Crippen LogP contribution in [0.5, 0.6) is 0 Å². The second-order valence-corrected chi connectivity index (χ2v) is 11.8. The molecule has 250 valence electrons. The molecule has 1 aliphatic rings. The van der Waals surface area contributed by atoms with E-state index in [1.165, 1.54) is 19.4 Å². The number of allylic oxidation sites excluding steroid dienone is 5. The van der Waals surface area contributed by atoms with E-state index in [-0.39, 0.29) is 23.7 Å². The van der Waals surface area contributed by atoms with Gasteiger partial charge in [-0.1, -0.05) is 75.8 Å². The van der Waals surface area contributed by atoms with Gasteiger partial charge in [-0.15, -0.1) is 0 Å². The third-order valence-corrected chi connectivity index (χ3v) is 6.76. The van der Waals surface area contributed by atoms with Crippen LogP contribution in [0.2, 0.25) is 0 Å². The highest BCUT2D eigenvalue weighted by Gasteiger charge is 2.32. The van der Waals surface area contributed by atoms with Gasteiger partial charge in [-0.25, -0.2) is 9.59 Å². The molecule has 3 amide bonds. The van der Waals surface area contributed by atoms with Gasteiger partial charge in [0.1, 0.15) is 18.2 Å². The number of esters is 1. The molecule has 0 radical (unpaired) electrons. The van der Waals surface area contributed by atoms with Gasteiger partial charge in [-0.05, 0) is 44.5 Å². The SMILES string of the molecule is C/C=C\C[C@@H](C/C=C\NC(=O)[C@@H](NC(=O)\C=C/C=C\C(C)=C\[C@H](C)[C@@H]1CC=C(OC)C(=O)O1)C(C)(C)C)OC(=O)NCCCN. The van der Waals surface area contributed by atoms with Gasteiger partial charge in [0.25, 0.3) is 0 Å². The van der Waals surface area contributed by atoms with Crippen LogP contribution in [-0.2, 0) is 28.6 Å². The molecule has 11 nitrogen and oxygen atoms in total. The Bertz CT molecular complexity index is 1160. The van der Waals surface area contributed by atoms with Gasteiger partial charge in [-0.3, -0.25) is 9.59 Å². The number of methoxy groups -OCH3 is 1. The monoisotopic (exact) mass is 628 g/mol. The number of amides is 3. The molecule has 0 aromatic rings. The number of hydrogen-bond donors (Lipinski definition) is 4. The summed E-state index contributed by atoms with van der Waals surface area (Å²) in [6, 6.07) is -0.806. The van der Waals surface area contributed by atoms with E-state index in [1.54, 1.807) is 24.3 Å². The van der Waals surface area contributed by atoms with Crippen LogP contribution in [0.25, 0.3) is 0 Å². The molecule has 0 unspecified atom stereocenters. The number of alkyl carbamates (subject to hydrolysis) is 1. The fourth-order valence-electron chi connectivity index (χ4n) is 4.24. The summed E-state index contributed by atoms with van der Waals surface area (Å²) in [5.41, 5.74) is 5.83. The van der Waals surface area contributed by atoms with Gasteiger partial charge in [0.15, 0.2) is 5.76 Å². The minimum Gasteiger partial charge on any atom is -0.490 e. The lowest BCUT2D eigenvalue weighted by molar-refractivity contribution is -0.151. The van der Waals surface area contributed by atoms with E-state index in [9.17, 15) is 19.2 Å². The van der Waals surface area contributed by atoms with Crippen molar-refractivity contribution in [3.8, 4) is 0 Å². The first-order valence-electron chi connectivity index (χ1n) is 15.3. The molecule has 1 heterocycles. The molecule has 4 atom stereocenters. The molecule has 0 fully saturated rings. The first-order valence-corrected chi connectivity index (χ1v) is 15.3. The molecule has 45 heavy (non-hydrogen) atoms. The average Bonchev–Trinajstić information content (AvgIpc) is 2.98. The highest BCUT2D eigenvalue weighted by Crippen LogP contribution is 2.23. The predicted octanol–water partition coefficient (Wildman–Crippen LogP) is 4.49. The van der Waals surface area contributed by atoms with Crippen LogP contribution in [0.15, 0.2) is 72.2 Å². The summed E-state index contributed by atoms with van der Waals surface area (Å²) in [5, 5.41) is 8.17. The minimum atomic E-state index is -0.806. The molecule has 1 rings (SSSR count). The third-order valence-electron chi connectivity index (χ3n) is 6.76. The topological polar surface area (TPSA) is 158 Å². The van der Waals surface area contributed by atoms with Crippen LogP contribution in [0.4, 0.5) is 4.79 Å². The molecular formula is C34H52N4O7. The Labute approximate surface area is 268 Å². The van der Waals surface area contributed by atoms with Gasteiger partial charge in [0, 0.05) is 37.8 Å². The Hall–Kier alpha value is -4.12. The summed E-state index contributed by atoms with van der Waals surface area (Å²) >= 11 is 0. The van der Waals surface area contributed by atoms with E-state index in [1.807, 2.05) is 65.8 Å². The second-order valence-electron chi connectivity index (χ2n) is 11.8. The van der Waals surface area contributed by atoms with Gasteiger partial charge in [-0.2, -0.15) is 0 Å². The van der Waals surface area contributed by atoms with Crippen LogP contribution < -0.4 is 21.7 Å². The van der Waals surface area contributed by atoms with Crippen LogP contribution >= 0.6 is 0 Å². The van der Waals surface area contributed by atoms with Crippen molar-refractivity contribution in [3.05, 3.63) is 72.2 Å². The molecule has 0 saturated carbocycles. The first kappa shape index (κ1) is 38.9. The molecule has 11 heteroatoms. The van der Waals surface area contributed by atoms with E-state index < -0.39 is 35.5 Å². The number of rotatable bonds is 17. The van der Waals surface area contributed by atoms with Crippen molar-refractivity contribution in [3.63, 3.8) is 0 Å². The zero-order valence-electron chi connectivity index (χ0n) is 27.8. The van der Waals surface area contributed by atoms with Crippen molar-refractivity contribution in [1.82, 2.24) is 16.0 Å². The summed E-state index contributed by atoms with van der Waals surface area (Å²) in [4.78, 5) is 49.6. The molecular weight excluding hydrogens is 576 g/mol. The number of ether oxygens (including phenoxy) is 3. The number of cyclic esters (lactones) is 1. The maximum Gasteiger partial charge on any atom is 0.407 e. The Balaban J connectivity index is 2.69. The van der Waals surface area contributed by atoms with Gasteiger partial charge in [0.2, 0.25) is 11.8 Å². The smallest absolute Gasteiger partial charge is 0.407 e. The average molecular weight is 629 g/mol. The van der Waals surface area contributed by atoms with E-state index in [0.717, 1.165) is 5.57 Å². The molecule has 0 aromatic carbocycles. The van der Waals surface area contributed by atoms with Crippen LogP contribution in [-0.4, -0.2) is 62.3 Å². The molecule has 5 N–H and O–H groups in total. The molecule has 1 aliphatic heterocycles. The summed E-state index contributed by atoms with van der Waals surface area (Å²) in [7, 11) is 1.44. The van der Waals surface area contributed by atoms with Crippen molar-refractivity contribution in [2.45, 2.75) is 85.5 Å². The Morgan fingerprint density at radius 2 is 1.84 bits per heavy atom. The fraction of sp³-hybridized carbons (Fsp3) is 0.529. The van der Waals surface area contributed by atoms with Crippen molar-refractivity contribution < 1.29 is 33.4 Å². The van der Waals surface area contributed by atoms with E-state index in [0.29, 0.717) is 38.8 Å². The summed E-state index contributed by atoms with van der Waals surface area (Å²) in [6.07, 6.45) is 18.2. The van der Waals surface area contributed by atoms with Crippen LogP contribution in [0.1, 0.15) is 67.2 Å². The number of nitrogens with one attached hydrogen (secondary N) is 3. The van der Waals surface area contributed by atoms with E-state index in [4.69, 9.17) is 19.9 Å². The molecule has 0 aromatic heterocycles.